The molecule has 0 spiro atoms. The Hall–Kier alpha value is -2.59. The molecule has 3 rings (SSSR count). The third-order valence-electron chi connectivity index (χ3n) is 4.81. The van der Waals surface area contributed by atoms with Gasteiger partial charge in [-0.05, 0) is 51.1 Å². The first-order valence-electron chi connectivity index (χ1n) is 9.07. The lowest BCUT2D eigenvalue weighted by Crippen LogP contribution is -2.35. The van der Waals surface area contributed by atoms with Crippen LogP contribution in [0.15, 0.2) is 52.9 Å². The van der Waals surface area contributed by atoms with Crippen molar-refractivity contribution in [1.82, 2.24) is 4.90 Å². The van der Waals surface area contributed by atoms with Crippen LogP contribution in [-0.2, 0) is 4.79 Å². The lowest BCUT2D eigenvalue weighted by atomic mass is 10.1. The van der Waals surface area contributed by atoms with Crippen molar-refractivity contribution >= 4 is 22.6 Å². The van der Waals surface area contributed by atoms with Gasteiger partial charge in [0.15, 0.2) is 0 Å². The first-order valence-corrected chi connectivity index (χ1v) is 9.07. The molecule has 4 heteroatoms. The first kappa shape index (κ1) is 18.2. The van der Waals surface area contributed by atoms with Crippen molar-refractivity contribution in [3.63, 3.8) is 0 Å². The van der Waals surface area contributed by atoms with E-state index in [4.69, 9.17) is 4.42 Å². The molecular weight excluding hydrogens is 324 g/mol. The zero-order valence-corrected chi connectivity index (χ0v) is 15.9. The molecule has 1 heterocycles. The number of anilines is 1. The molecule has 0 aliphatic heterocycles. The topological polar surface area (TPSA) is 45.5 Å². The molecule has 0 aliphatic carbocycles. The zero-order valence-electron chi connectivity index (χ0n) is 15.9. The van der Waals surface area contributed by atoms with Crippen LogP contribution in [0.3, 0.4) is 0 Å². The summed E-state index contributed by atoms with van der Waals surface area (Å²) in [5.74, 6) is 0.870. The standard InChI is InChI=1S/C22H26N2O2/c1-5-24(14-22(25)23-19-11-10-15(2)12-16(19)3)17(4)21-13-18-8-6-7-9-20(18)26-21/h6-13,17H,5,14H2,1-4H3,(H,23,25). The van der Waals surface area contributed by atoms with Crippen molar-refractivity contribution in [2.75, 3.05) is 18.4 Å². The summed E-state index contributed by atoms with van der Waals surface area (Å²) in [5.41, 5.74) is 4.01. The van der Waals surface area contributed by atoms with Crippen LogP contribution in [0.5, 0.6) is 0 Å². The zero-order chi connectivity index (χ0) is 18.7. The highest BCUT2D eigenvalue weighted by Gasteiger charge is 2.21. The number of nitrogens with zero attached hydrogens (tertiary/aromatic N) is 1. The molecule has 1 N–H and O–H groups in total. The average Bonchev–Trinajstić information content (AvgIpc) is 3.05. The Morgan fingerprint density at radius 3 is 2.62 bits per heavy atom. The maximum Gasteiger partial charge on any atom is 0.238 e. The fourth-order valence-corrected chi connectivity index (χ4v) is 3.24. The van der Waals surface area contributed by atoms with Gasteiger partial charge in [-0.3, -0.25) is 9.69 Å². The second-order valence-electron chi connectivity index (χ2n) is 6.79. The van der Waals surface area contributed by atoms with Gasteiger partial charge in [0, 0.05) is 11.1 Å². The minimum Gasteiger partial charge on any atom is -0.459 e. The molecule has 1 aromatic heterocycles. The lowest BCUT2D eigenvalue weighted by molar-refractivity contribution is -0.117. The Morgan fingerprint density at radius 2 is 1.92 bits per heavy atom. The molecule has 1 amide bonds. The van der Waals surface area contributed by atoms with E-state index in [9.17, 15) is 4.79 Å². The average molecular weight is 350 g/mol. The van der Waals surface area contributed by atoms with Crippen LogP contribution in [0.25, 0.3) is 11.0 Å². The monoisotopic (exact) mass is 350 g/mol. The van der Waals surface area contributed by atoms with E-state index in [0.29, 0.717) is 6.54 Å². The van der Waals surface area contributed by atoms with Crippen molar-refractivity contribution < 1.29 is 9.21 Å². The number of fused-ring (bicyclic) bond motifs is 1. The van der Waals surface area contributed by atoms with E-state index in [1.165, 1.54) is 5.56 Å². The van der Waals surface area contributed by atoms with E-state index in [2.05, 4.69) is 36.2 Å². The number of para-hydroxylation sites is 1. The van der Waals surface area contributed by atoms with Crippen LogP contribution in [0.4, 0.5) is 5.69 Å². The van der Waals surface area contributed by atoms with Crippen LogP contribution in [0, 0.1) is 13.8 Å². The normalized spacial score (nSPS) is 12.5. The van der Waals surface area contributed by atoms with Gasteiger partial charge in [0.05, 0.1) is 12.6 Å². The van der Waals surface area contributed by atoms with Gasteiger partial charge in [0.25, 0.3) is 0 Å². The molecule has 0 aliphatic rings. The highest BCUT2D eigenvalue weighted by Crippen LogP contribution is 2.27. The second-order valence-corrected chi connectivity index (χ2v) is 6.79. The maximum atomic E-state index is 12.5. The fourth-order valence-electron chi connectivity index (χ4n) is 3.24. The number of hydrogen-bond donors (Lipinski definition) is 1. The molecule has 0 radical (unpaired) electrons. The predicted octanol–water partition coefficient (Wildman–Crippen LogP) is 5.07. The van der Waals surface area contributed by atoms with Crippen molar-refractivity contribution in [2.24, 2.45) is 0 Å². The van der Waals surface area contributed by atoms with Crippen LogP contribution in [0.2, 0.25) is 0 Å². The van der Waals surface area contributed by atoms with Crippen molar-refractivity contribution in [2.45, 2.75) is 33.7 Å². The smallest absolute Gasteiger partial charge is 0.238 e. The Bertz CT molecular complexity index is 880. The molecule has 0 saturated carbocycles. The van der Waals surface area contributed by atoms with Gasteiger partial charge in [-0.1, -0.05) is 42.8 Å². The quantitative estimate of drug-likeness (QED) is 0.675. The molecule has 1 atom stereocenters. The van der Waals surface area contributed by atoms with Gasteiger partial charge in [0.2, 0.25) is 5.91 Å². The highest BCUT2D eigenvalue weighted by molar-refractivity contribution is 5.93. The number of furan rings is 1. The number of rotatable bonds is 6. The van der Waals surface area contributed by atoms with Gasteiger partial charge in [0.1, 0.15) is 11.3 Å². The first-order chi connectivity index (χ1) is 12.5. The van der Waals surface area contributed by atoms with E-state index in [-0.39, 0.29) is 11.9 Å². The maximum absolute atomic E-state index is 12.5. The van der Waals surface area contributed by atoms with E-state index in [0.717, 1.165) is 34.5 Å². The van der Waals surface area contributed by atoms with E-state index in [1.54, 1.807) is 0 Å². The summed E-state index contributed by atoms with van der Waals surface area (Å²) in [5, 5.41) is 4.11. The fraction of sp³-hybridized carbons (Fsp3) is 0.318. The van der Waals surface area contributed by atoms with Crippen LogP contribution in [-0.4, -0.2) is 23.9 Å². The Balaban J connectivity index is 1.70. The number of carbonyl (C=O) groups excluding carboxylic acids is 1. The molecule has 26 heavy (non-hydrogen) atoms. The SMILES string of the molecule is CCN(CC(=O)Nc1ccc(C)cc1C)C(C)c1cc2ccccc2o1. The minimum atomic E-state index is -0.0123. The summed E-state index contributed by atoms with van der Waals surface area (Å²) in [6.07, 6.45) is 0. The number of likely N-dealkylation sites (N-methyl/N-ethyl adjacent to an activating group) is 1. The number of benzene rings is 2. The molecule has 1 unspecified atom stereocenters. The van der Waals surface area contributed by atoms with Gasteiger partial charge in [-0.15, -0.1) is 0 Å². The summed E-state index contributed by atoms with van der Waals surface area (Å²) in [6.45, 7) is 9.28. The highest BCUT2D eigenvalue weighted by atomic mass is 16.3. The number of hydrogen-bond acceptors (Lipinski definition) is 3. The number of amides is 1. The molecule has 4 nitrogen and oxygen atoms in total. The van der Waals surface area contributed by atoms with Crippen LogP contribution in [0.1, 0.15) is 36.8 Å². The summed E-state index contributed by atoms with van der Waals surface area (Å²) >= 11 is 0. The van der Waals surface area contributed by atoms with Gasteiger partial charge < -0.3 is 9.73 Å². The predicted molar refractivity (Wildman–Crippen MR) is 106 cm³/mol. The van der Waals surface area contributed by atoms with E-state index in [1.807, 2.05) is 50.2 Å². The van der Waals surface area contributed by atoms with Crippen LogP contribution < -0.4 is 5.32 Å². The van der Waals surface area contributed by atoms with Crippen LogP contribution >= 0.6 is 0 Å². The van der Waals surface area contributed by atoms with E-state index < -0.39 is 0 Å². The number of nitrogens with one attached hydrogen (secondary N) is 1. The van der Waals surface area contributed by atoms with Gasteiger partial charge >= 0.3 is 0 Å². The minimum absolute atomic E-state index is 0.0123. The number of aryl methyl sites for hydroxylation is 2. The molecular formula is C22H26N2O2. The summed E-state index contributed by atoms with van der Waals surface area (Å²) in [7, 11) is 0. The van der Waals surface area contributed by atoms with Crippen molar-refractivity contribution in [3.05, 3.63) is 65.4 Å². The Kier molecular flexibility index (Phi) is 5.43. The summed E-state index contributed by atoms with van der Waals surface area (Å²) in [4.78, 5) is 14.7. The van der Waals surface area contributed by atoms with Gasteiger partial charge in [-0.25, -0.2) is 0 Å². The summed E-state index contributed by atoms with van der Waals surface area (Å²) < 4.78 is 5.97. The third kappa shape index (κ3) is 3.97. The number of carbonyl (C=O) groups is 1. The van der Waals surface area contributed by atoms with Crippen molar-refractivity contribution in [3.8, 4) is 0 Å². The second kappa shape index (κ2) is 7.75. The van der Waals surface area contributed by atoms with Gasteiger partial charge in [-0.2, -0.15) is 0 Å². The van der Waals surface area contributed by atoms with Crippen molar-refractivity contribution in [1.29, 1.82) is 0 Å². The largest absolute Gasteiger partial charge is 0.459 e. The molecule has 0 saturated heterocycles. The summed E-state index contributed by atoms with van der Waals surface area (Å²) in [6, 6.07) is 16.1. The third-order valence-corrected chi connectivity index (χ3v) is 4.81. The van der Waals surface area contributed by atoms with E-state index >= 15 is 0 Å². The molecule has 0 bridgehead atoms. The molecule has 0 fully saturated rings. The Morgan fingerprint density at radius 1 is 1.15 bits per heavy atom. The Labute approximate surface area is 154 Å². The lowest BCUT2D eigenvalue weighted by Gasteiger charge is -2.25. The molecule has 2 aromatic carbocycles. The molecule has 136 valence electrons. The molecule has 3 aromatic rings.